The number of phenols is 2. The van der Waals surface area contributed by atoms with Crippen LogP contribution in [0.2, 0.25) is 0 Å². The largest absolute Gasteiger partial charge is 0.504 e. The summed E-state index contributed by atoms with van der Waals surface area (Å²) in [5.74, 6) is 1.63. The maximum absolute atomic E-state index is 9.94. The van der Waals surface area contributed by atoms with Gasteiger partial charge in [-0.15, -0.1) is 5.53 Å². The number of fused-ring (bicyclic) bond motifs is 1. The molecule has 0 spiro atoms. The number of phenolic OH excluding ortho intramolecular Hbond substituents is 2. The van der Waals surface area contributed by atoms with Gasteiger partial charge in [-0.2, -0.15) is 9.97 Å². The molecule has 6 N–H and O–H groups in total. The summed E-state index contributed by atoms with van der Waals surface area (Å²) in [5.41, 5.74) is 5.04. The molecule has 0 radical (unpaired) electrons. The third-order valence-corrected chi connectivity index (χ3v) is 5.75. The molecule has 1 aliphatic rings. The zero-order valence-electron chi connectivity index (χ0n) is 20.5. The van der Waals surface area contributed by atoms with Crippen LogP contribution in [0.5, 0.6) is 11.5 Å². The first-order chi connectivity index (χ1) is 15.5. The zero-order valence-corrected chi connectivity index (χ0v) is 20.5. The van der Waals surface area contributed by atoms with Gasteiger partial charge in [0.25, 0.3) is 0 Å². The highest BCUT2D eigenvalue weighted by Gasteiger charge is 2.35. The predicted octanol–water partition coefficient (Wildman–Crippen LogP) is 3.35. The lowest BCUT2D eigenvalue weighted by molar-refractivity contribution is 0.248. The molecule has 2 heterocycles. The molecule has 1 aromatic carbocycles. The maximum Gasteiger partial charge on any atom is 0.227 e. The van der Waals surface area contributed by atoms with Gasteiger partial charge in [0.2, 0.25) is 5.95 Å². The fourth-order valence-corrected chi connectivity index (χ4v) is 3.63. The highest BCUT2D eigenvalue weighted by molar-refractivity contribution is 5.83. The molecule has 1 unspecified atom stereocenters. The number of benzene rings is 1. The molecule has 0 saturated heterocycles. The molecule has 182 valence electrons. The average Bonchev–Trinajstić information content (AvgIpc) is 3.14. The Kier molecular flexibility index (Phi) is 7.38. The van der Waals surface area contributed by atoms with Crippen molar-refractivity contribution in [3.8, 4) is 11.5 Å². The standard InChI is InChI=1S/C23H37N7O3/c1-12(2)17(11-31)25-23-26-21(24-15(7)16-8-9-18(32)19(33)10-16)20-22(27-23)30(14(5)6)28-29(20)13(3)4/h8-10,12-15,17,28,31-33H,11H2,1-7H3,(H2,24,25,26,27)/t15?,17-/m0/s1. The van der Waals surface area contributed by atoms with Crippen molar-refractivity contribution in [2.75, 3.05) is 27.3 Å². The number of aromatic nitrogens is 2. The number of aliphatic hydroxyl groups excluding tert-OH is 1. The molecule has 0 saturated carbocycles. The highest BCUT2D eigenvalue weighted by Crippen LogP contribution is 2.41. The normalized spacial score (nSPS) is 15.4. The first kappa shape index (κ1) is 24.7. The summed E-state index contributed by atoms with van der Waals surface area (Å²) in [6, 6.07) is 4.61. The lowest BCUT2D eigenvalue weighted by Gasteiger charge is -2.28. The van der Waals surface area contributed by atoms with Gasteiger partial charge >= 0.3 is 0 Å². The first-order valence-corrected chi connectivity index (χ1v) is 11.5. The molecule has 1 aromatic heterocycles. The van der Waals surface area contributed by atoms with Crippen molar-refractivity contribution < 1.29 is 15.3 Å². The van der Waals surface area contributed by atoms with Gasteiger partial charge in [0.1, 0.15) is 5.69 Å². The molecule has 0 aliphatic carbocycles. The molecule has 1 aliphatic heterocycles. The Balaban J connectivity index is 2.07. The van der Waals surface area contributed by atoms with Crippen LogP contribution in [0, 0.1) is 5.92 Å². The molecular formula is C23H37N7O3. The van der Waals surface area contributed by atoms with Gasteiger partial charge in [-0.1, -0.05) is 19.9 Å². The Morgan fingerprint density at radius 3 is 2.12 bits per heavy atom. The van der Waals surface area contributed by atoms with Crippen LogP contribution in [0.1, 0.15) is 60.1 Å². The SMILES string of the molecule is CC(Nc1nc(N[C@@H](CO)C(C)C)nc2c1N(C(C)C)NN2C(C)C)c1ccc(O)c(O)c1. The Bertz CT molecular complexity index is 967. The Hall–Kier alpha value is -2.98. The summed E-state index contributed by atoms with van der Waals surface area (Å²) in [5, 5.41) is 40.2. The number of anilines is 4. The van der Waals surface area contributed by atoms with Gasteiger partial charge in [0, 0.05) is 12.1 Å². The molecule has 2 aromatic rings. The number of nitrogens with zero attached hydrogens (tertiary/aromatic N) is 4. The van der Waals surface area contributed by atoms with Crippen molar-refractivity contribution in [1.82, 2.24) is 15.5 Å². The minimum absolute atomic E-state index is 0.0334. The monoisotopic (exact) mass is 459 g/mol. The quantitative estimate of drug-likeness (QED) is 0.311. The van der Waals surface area contributed by atoms with Crippen LogP contribution < -0.4 is 26.2 Å². The first-order valence-electron chi connectivity index (χ1n) is 11.5. The number of nitrogens with one attached hydrogen (secondary N) is 3. The fourth-order valence-electron chi connectivity index (χ4n) is 3.63. The molecule has 10 nitrogen and oxygen atoms in total. The van der Waals surface area contributed by atoms with Gasteiger partial charge in [-0.25, -0.2) is 0 Å². The molecule has 10 heteroatoms. The lowest BCUT2D eigenvalue weighted by Crippen LogP contribution is -2.50. The molecule has 0 amide bonds. The highest BCUT2D eigenvalue weighted by atomic mass is 16.3. The second kappa shape index (κ2) is 9.88. The van der Waals surface area contributed by atoms with Gasteiger partial charge < -0.3 is 26.0 Å². The van der Waals surface area contributed by atoms with Crippen LogP contribution in [0.3, 0.4) is 0 Å². The summed E-state index contributed by atoms with van der Waals surface area (Å²) < 4.78 is 0. The average molecular weight is 460 g/mol. The minimum Gasteiger partial charge on any atom is -0.504 e. The summed E-state index contributed by atoms with van der Waals surface area (Å²) in [4.78, 5) is 9.58. The fraction of sp³-hybridized carbons (Fsp3) is 0.565. The molecular weight excluding hydrogens is 422 g/mol. The van der Waals surface area contributed by atoms with E-state index in [0.29, 0.717) is 11.8 Å². The second-order valence-corrected chi connectivity index (χ2v) is 9.39. The number of rotatable bonds is 9. The second-order valence-electron chi connectivity index (χ2n) is 9.39. The van der Waals surface area contributed by atoms with E-state index in [2.05, 4.69) is 43.9 Å². The third kappa shape index (κ3) is 5.17. The number of hydrogen-bond acceptors (Lipinski definition) is 10. The van der Waals surface area contributed by atoms with E-state index < -0.39 is 0 Å². The third-order valence-electron chi connectivity index (χ3n) is 5.75. The van der Waals surface area contributed by atoms with Crippen molar-refractivity contribution in [2.45, 2.75) is 72.6 Å². The summed E-state index contributed by atoms with van der Waals surface area (Å²) in [6.45, 7) is 14.3. The Labute approximate surface area is 195 Å². The minimum atomic E-state index is -0.218. The van der Waals surface area contributed by atoms with Crippen molar-refractivity contribution in [3.05, 3.63) is 23.8 Å². The van der Waals surface area contributed by atoms with E-state index in [1.807, 2.05) is 30.8 Å². The van der Waals surface area contributed by atoms with E-state index in [4.69, 9.17) is 9.97 Å². The van der Waals surface area contributed by atoms with E-state index in [0.717, 1.165) is 17.1 Å². The van der Waals surface area contributed by atoms with Crippen LogP contribution in [0.4, 0.5) is 23.3 Å². The van der Waals surface area contributed by atoms with Crippen LogP contribution >= 0.6 is 0 Å². The summed E-state index contributed by atoms with van der Waals surface area (Å²) in [7, 11) is 0. The van der Waals surface area contributed by atoms with E-state index >= 15 is 0 Å². The summed E-state index contributed by atoms with van der Waals surface area (Å²) >= 11 is 0. The molecule has 33 heavy (non-hydrogen) atoms. The zero-order chi connectivity index (χ0) is 24.4. The number of hydrazine groups is 2. The van der Waals surface area contributed by atoms with Gasteiger partial charge in [0.15, 0.2) is 23.1 Å². The van der Waals surface area contributed by atoms with E-state index in [1.54, 1.807) is 6.07 Å². The molecule has 0 bridgehead atoms. The molecule has 3 rings (SSSR count). The van der Waals surface area contributed by atoms with Gasteiger partial charge in [0.05, 0.1) is 18.7 Å². The number of aromatic hydroxyl groups is 2. The molecule has 2 atom stereocenters. The topological polar surface area (TPSA) is 129 Å². The van der Waals surface area contributed by atoms with Crippen LogP contribution in [0.15, 0.2) is 18.2 Å². The van der Waals surface area contributed by atoms with Crippen molar-refractivity contribution in [1.29, 1.82) is 0 Å². The van der Waals surface area contributed by atoms with E-state index in [1.165, 1.54) is 12.1 Å². The lowest BCUT2D eigenvalue weighted by atomic mass is 10.1. The van der Waals surface area contributed by atoms with E-state index in [-0.39, 0.29) is 48.2 Å². The predicted molar refractivity (Wildman–Crippen MR) is 132 cm³/mol. The maximum atomic E-state index is 9.94. The van der Waals surface area contributed by atoms with E-state index in [9.17, 15) is 15.3 Å². The van der Waals surface area contributed by atoms with Gasteiger partial charge in [-0.05, 0) is 58.2 Å². The number of hydrogen-bond donors (Lipinski definition) is 6. The van der Waals surface area contributed by atoms with Crippen LogP contribution in [0.25, 0.3) is 0 Å². The smallest absolute Gasteiger partial charge is 0.227 e. The van der Waals surface area contributed by atoms with Crippen LogP contribution in [-0.2, 0) is 0 Å². The van der Waals surface area contributed by atoms with Crippen LogP contribution in [-0.4, -0.2) is 50.0 Å². The van der Waals surface area contributed by atoms with Crippen molar-refractivity contribution in [3.63, 3.8) is 0 Å². The van der Waals surface area contributed by atoms with Crippen molar-refractivity contribution in [2.24, 2.45) is 5.92 Å². The van der Waals surface area contributed by atoms with Gasteiger partial charge in [-0.3, -0.25) is 10.0 Å². The Morgan fingerprint density at radius 2 is 1.58 bits per heavy atom. The molecule has 0 fully saturated rings. The van der Waals surface area contributed by atoms with Crippen molar-refractivity contribution >= 4 is 23.3 Å². The Morgan fingerprint density at radius 1 is 0.909 bits per heavy atom. The summed E-state index contributed by atoms with van der Waals surface area (Å²) in [6.07, 6.45) is 0. The number of aliphatic hydroxyl groups is 1.